The van der Waals surface area contributed by atoms with Crippen molar-refractivity contribution in [1.29, 1.82) is 0 Å². The molecule has 1 amide bonds. The fraction of sp³-hybridized carbons (Fsp3) is 0.381. The molecule has 0 N–H and O–H groups in total. The van der Waals surface area contributed by atoms with E-state index in [0.717, 1.165) is 41.3 Å². The summed E-state index contributed by atoms with van der Waals surface area (Å²) in [7, 11) is 3.32. The number of amides is 1. The number of benzene rings is 2. The maximum atomic E-state index is 13.1. The summed E-state index contributed by atoms with van der Waals surface area (Å²) in [4.78, 5) is 16.2. The quantitative estimate of drug-likeness (QED) is 0.699. The van der Waals surface area contributed by atoms with Gasteiger partial charge in [0.15, 0.2) is 0 Å². The number of nitrogens with zero attached hydrogens (tertiary/aromatic N) is 1. The molecule has 0 aliphatic carbocycles. The largest absolute Gasteiger partial charge is 0.497 e. The van der Waals surface area contributed by atoms with Crippen molar-refractivity contribution < 1.29 is 14.3 Å². The first-order valence-electron chi connectivity index (χ1n) is 8.88. The second kappa shape index (κ2) is 8.49. The van der Waals surface area contributed by atoms with E-state index in [-0.39, 0.29) is 17.2 Å². The second-order valence-corrected chi connectivity index (χ2v) is 7.78. The number of hydrogen-bond donors (Lipinski definition) is 0. The molecule has 3 rings (SSSR count). The molecule has 0 unspecified atom stereocenters. The summed E-state index contributed by atoms with van der Waals surface area (Å²) in [6, 6.07) is 15.9. The summed E-state index contributed by atoms with van der Waals surface area (Å²) in [5.74, 6) is 1.76. The van der Waals surface area contributed by atoms with Gasteiger partial charge in [-0.1, -0.05) is 18.2 Å². The molecule has 2 aromatic carbocycles. The zero-order valence-electron chi connectivity index (χ0n) is 15.5. The van der Waals surface area contributed by atoms with Crippen LogP contribution < -0.4 is 9.47 Å². The molecule has 2 aromatic rings. The molecule has 138 valence electrons. The Labute approximate surface area is 159 Å². The topological polar surface area (TPSA) is 38.8 Å². The second-order valence-electron chi connectivity index (χ2n) is 6.37. The lowest BCUT2D eigenvalue weighted by atomic mass is 10.0. The Hall–Kier alpha value is -2.14. The molecular weight excluding hydrogens is 346 g/mol. The van der Waals surface area contributed by atoms with Gasteiger partial charge < -0.3 is 14.4 Å². The first kappa shape index (κ1) is 18.6. The lowest BCUT2D eigenvalue weighted by molar-refractivity contribution is -0.131. The molecule has 1 saturated heterocycles. The number of ether oxygens (including phenoxy) is 2. The Morgan fingerprint density at radius 2 is 1.92 bits per heavy atom. The highest BCUT2D eigenvalue weighted by molar-refractivity contribution is 8.00. The number of carbonyl (C=O) groups excluding carboxylic acids is 1. The van der Waals surface area contributed by atoms with E-state index in [9.17, 15) is 4.79 Å². The Balaban J connectivity index is 1.80. The number of rotatable bonds is 6. The average molecular weight is 372 g/mol. The molecular formula is C21H25NO3S. The highest BCUT2D eigenvalue weighted by Crippen LogP contribution is 2.40. The van der Waals surface area contributed by atoms with Crippen LogP contribution in [0.25, 0.3) is 0 Å². The standard InChI is InChI=1S/C21H25NO3S/c1-15(26-17-8-5-4-6-9-17)21(23)22-13-7-10-19(22)18-14-16(24-2)11-12-20(18)25-3/h4-6,8-9,11-12,14-15,19H,7,10,13H2,1-3H3/t15-,19-/m1/s1. The molecule has 1 fully saturated rings. The van der Waals surface area contributed by atoms with Crippen LogP contribution in [0.1, 0.15) is 31.4 Å². The molecule has 1 heterocycles. The third-order valence-corrected chi connectivity index (χ3v) is 5.84. The van der Waals surface area contributed by atoms with Crippen molar-refractivity contribution in [3.8, 4) is 11.5 Å². The summed E-state index contributed by atoms with van der Waals surface area (Å²) in [5.41, 5.74) is 1.02. The van der Waals surface area contributed by atoms with Crippen LogP contribution in [0.15, 0.2) is 53.4 Å². The predicted octanol–water partition coefficient (Wildman–Crippen LogP) is 4.55. The number of methoxy groups -OCH3 is 2. The van der Waals surface area contributed by atoms with Crippen molar-refractivity contribution in [2.45, 2.75) is 36.0 Å². The van der Waals surface area contributed by atoms with Crippen LogP contribution in [0.5, 0.6) is 11.5 Å². The van der Waals surface area contributed by atoms with Crippen molar-refractivity contribution >= 4 is 17.7 Å². The van der Waals surface area contributed by atoms with Gasteiger partial charge in [0.2, 0.25) is 5.91 Å². The minimum atomic E-state index is -0.130. The van der Waals surface area contributed by atoms with Gasteiger partial charge in [0, 0.05) is 17.0 Å². The van der Waals surface area contributed by atoms with E-state index < -0.39 is 0 Å². The number of hydrogen-bond acceptors (Lipinski definition) is 4. The van der Waals surface area contributed by atoms with Gasteiger partial charge in [-0.15, -0.1) is 11.8 Å². The maximum absolute atomic E-state index is 13.1. The van der Waals surface area contributed by atoms with Gasteiger partial charge >= 0.3 is 0 Å². The Kier molecular flexibility index (Phi) is 6.09. The monoisotopic (exact) mass is 371 g/mol. The van der Waals surface area contributed by atoms with E-state index in [0.29, 0.717) is 0 Å². The molecule has 0 bridgehead atoms. The third kappa shape index (κ3) is 3.98. The van der Waals surface area contributed by atoms with Gasteiger partial charge in [-0.25, -0.2) is 0 Å². The number of likely N-dealkylation sites (tertiary alicyclic amines) is 1. The fourth-order valence-electron chi connectivity index (χ4n) is 3.44. The van der Waals surface area contributed by atoms with Crippen molar-refractivity contribution in [2.24, 2.45) is 0 Å². The molecule has 0 saturated carbocycles. The molecule has 1 aliphatic heterocycles. The SMILES string of the molecule is COc1ccc(OC)c([C@H]2CCCN2C(=O)[C@@H](C)Sc2ccccc2)c1. The third-order valence-electron chi connectivity index (χ3n) is 4.74. The van der Waals surface area contributed by atoms with Gasteiger partial charge in [-0.05, 0) is 50.1 Å². The lowest BCUT2D eigenvalue weighted by Gasteiger charge is -2.29. The normalized spacial score (nSPS) is 17.8. The maximum Gasteiger partial charge on any atom is 0.236 e. The van der Waals surface area contributed by atoms with Crippen LogP contribution in [0, 0.1) is 0 Å². The summed E-state index contributed by atoms with van der Waals surface area (Å²) >= 11 is 1.61. The zero-order valence-corrected chi connectivity index (χ0v) is 16.3. The molecule has 1 aliphatic rings. The predicted molar refractivity (Wildman–Crippen MR) is 105 cm³/mol. The van der Waals surface area contributed by atoms with Gasteiger partial charge in [-0.2, -0.15) is 0 Å². The van der Waals surface area contributed by atoms with Gasteiger partial charge in [0.05, 0.1) is 25.5 Å². The molecule has 4 nitrogen and oxygen atoms in total. The minimum Gasteiger partial charge on any atom is -0.497 e. The van der Waals surface area contributed by atoms with Crippen LogP contribution in [0.3, 0.4) is 0 Å². The summed E-state index contributed by atoms with van der Waals surface area (Å²) < 4.78 is 10.9. The van der Waals surface area contributed by atoms with E-state index in [4.69, 9.17) is 9.47 Å². The van der Waals surface area contributed by atoms with E-state index in [2.05, 4.69) is 0 Å². The molecule has 5 heteroatoms. The molecule has 2 atom stereocenters. The lowest BCUT2D eigenvalue weighted by Crippen LogP contribution is -2.36. The first-order chi connectivity index (χ1) is 12.6. The van der Waals surface area contributed by atoms with Crippen LogP contribution in [-0.4, -0.2) is 36.8 Å². The van der Waals surface area contributed by atoms with Crippen molar-refractivity contribution in [3.63, 3.8) is 0 Å². The summed E-state index contributed by atoms with van der Waals surface area (Å²) in [6.45, 7) is 2.77. The van der Waals surface area contributed by atoms with Crippen LogP contribution in [-0.2, 0) is 4.79 Å². The van der Waals surface area contributed by atoms with Crippen LogP contribution in [0.4, 0.5) is 0 Å². The van der Waals surface area contributed by atoms with E-state index in [1.54, 1.807) is 26.0 Å². The Bertz CT molecular complexity index is 750. The van der Waals surface area contributed by atoms with Crippen molar-refractivity contribution in [1.82, 2.24) is 4.90 Å². The van der Waals surface area contributed by atoms with Crippen molar-refractivity contribution in [2.75, 3.05) is 20.8 Å². The molecule has 26 heavy (non-hydrogen) atoms. The van der Waals surface area contributed by atoms with Crippen LogP contribution in [0.2, 0.25) is 0 Å². The van der Waals surface area contributed by atoms with E-state index in [1.165, 1.54) is 0 Å². The molecule has 0 radical (unpaired) electrons. The number of thioether (sulfide) groups is 1. The fourth-order valence-corrected chi connectivity index (χ4v) is 4.40. The van der Waals surface area contributed by atoms with E-state index in [1.807, 2.05) is 60.4 Å². The average Bonchev–Trinajstić information content (AvgIpc) is 3.17. The molecule has 0 spiro atoms. The van der Waals surface area contributed by atoms with E-state index >= 15 is 0 Å². The van der Waals surface area contributed by atoms with Gasteiger partial charge in [0.1, 0.15) is 11.5 Å². The minimum absolute atomic E-state index is 0.0337. The highest BCUT2D eigenvalue weighted by Gasteiger charge is 2.34. The summed E-state index contributed by atoms with van der Waals surface area (Å²) in [6.07, 6.45) is 1.94. The summed E-state index contributed by atoms with van der Waals surface area (Å²) in [5, 5.41) is -0.130. The smallest absolute Gasteiger partial charge is 0.236 e. The Morgan fingerprint density at radius 3 is 2.62 bits per heavy atom. The van der Waals surface area contributed by atoms with Gasteiger partial charge in [-0.3, -0.25) is 4.79 Å². The Morgan fingerprint density at radius 1 is 1.15 bits per heavy atom. The van der Waals surface area contributed by atoms with Crippen molar-refractivity contribution in [3.05, 3.63) is 54.1 Å². The zero-order chi connectivity index (χ0) is 18.5. The first-order valence-corrected chi connectivity index (χ1v) is 9.76. The molecule has 0 aromatic heterocycles. The van der Waals surface area contributed by atoms with Crippen LogP contribution >= 0.6 is 11.8 Å². The highest BCUT2D eigenvalue weighted by atomic mass is 32.2. The van der Waals surface area contributed by atoms with Gasteiger partial charge in [0.25, 0.3) is 0 Å². The number of carbonyl (C=O) groups is 1.